The quantitative estimate of drug-likeness (QED) is 0.924. The fourth-order valence-electron chi connectivity index (χ4n) is 1.82. The van der Waals surface area contributed by atoms with Crippen molar-refractivity contribution < 1.29 is 4.39 Å². The summed E-state index contributed by atoms with van der Waals surface area (Å²) in [5.41, 5.74) is 6.77. The molecule has 0 bridgehead atoms. The number of hydrogen-bond donors (Lipinski definition) is 1. The maximum absolute atomic E-state index is 13.9. The molecular weight excluding hydrogens is 253 g/mol. The first-order valence-electron chi connectivity index (χ1n) is 5.75. The van der Waals surface area contributed by atoms with E-state index in [1.165, 1.54) is 6.07 Å². The van der Waals surface area contributed by atoms with Gasteiger partial charge in [0.1, 0.15) is 11.5 Å². The van der Waals surface area contributed by atoms with Gasteiger partial charge in [0.05, 0.1) is 11.3 Å². The Morgan fingerprint density at radius 3 is 2.83 bits per heavy atom. The molecular formula is C13H15ClFN3. The predicted octanol–water partition coefficient (Wildman–Crippen LogP) is 3.58. The van der Waals surface area contributed by atoms with E-state index in [-0.39, 0.29) is 5.02 Å². The Morgan fingerprint density at radius 2 is 2.17 bits per heavy atom. The van der Waals surface area contributed by atoms with Crippen molar-refractivity contribution in [3.63, 3.8) is 0 Å². The van der Waals surface area contributed by atoms with Crippen molar-refractivity contribution in [1.29, 1.82) is 0 Å². The van der Waals surface area contributed by atoms with Crippen LogP contribution in [0.25, 0.3) is 11.3 Å². The van der Waals surface area contributed by atoms with Gasteiger partial charge in [-0.05, 0) is 18.1 Å². The summed E-state index contributed by atoms with van der Waals surface area (Å²) in [4.78, 5) is 4.18. The smallest absolute Gasteiger partial charge is 0.151 e. The van der Waals surface area contributed by atoms with Crippen LogP contribution in [0.2, 0.25) is 5.02 Å². The number of halogens is 2. The van der Waals surface area contributed by atoms with Crippen LogP contribution in [-0.4, -0.2) is 9.55 Å². The van der Waals surface area contributed by atoms with Gasteiger partial charge in [-0.1, -0.05) is 31.5 Å². The lowest BCUT2D eigenvalue weighted by Crippen LogP contribution is -2.07. The molecule has 0 atom stereocenters. The highest BCUT2D eigenvalue weighted by molar-refractivity contribution is 6.31. The Bertz CT molecular complexity index is 563. The molecule has 1 aromatic heterocycles. The summed E-state index contributed by atoms with van der Waals surface area (Å²) < 4.78 is 15.7. The van der Waals surface area contributed by atoms with E-state index in [0.29, 0.717) is 23.0 Å². The summed E-state index contributed by atoms with van der Waals surface area (Å²) in [5, 5.41) is 0.0744. The van der Waals surface area contributed by atoms with E-state index >= 15 is 0 Å². The zero-order chi connectivity index (χ0) is 13.3. The normalized spacial score (nSPS) is 11.2. The van der Waals surface area contributed by atoms with Crippen LogP contribution in [0.15, 0.2) is 24.5 Å². The zero-order valence-electron chi connectivity index (χ0n) is 10.3. The number of hydrogen-bond acceptors (Lipinski definition) is 2. The predicted molar refractivity (Wildman–Crippen MR) is 71.9 cm³/mol. The van der Waals surface area contributed by atoms with Crippen LogP contribution in [0.1, 0.15) is 13.8 Å². The van der Waals surface area contributed by atoms with E-state index < -0.39 is 5.82 Å². The molecule has 0 saturated heterocycles. The van der Waals surface area contributed by atoms with Crippen molar-refractivity contribution >= 4 is 17.4 Å². The van der Waals surface area contributed by atoms with E-state index in [2.05, 4.69) is 18.8 Å². The van der Waals surface area contributed by atoms with Crippen LogP contribution in [0, 0.1) is 11.7 Å². The molecule has 3 nitrogen and oxygen atoms in total. The first kappa shape index (κ1) is 12.9. The minimum Gasteiger partial charge on any atom is -0.383 e. The van der Waals surface area contributed by atoms with Crippen LogP contribution in [0.3, 0.4) is 0 Å². The van der Waals surface area contributed by atoms with Gasteiger partial charge in [0.15, 0.2) is 5.82 Å². The average Bonchev–Trinajstić information content (AvgIpc) is 2.64. The second-order valence-corrected chi connectivity index (χ2v) is 5.03. The molecule has 0 unspecified atom stereocenters. The molecule has 1 aromatic carbocycles. The Balaban J connectivity index is 2.46. The fourth-order valence-corrected chi connectivity index (χ4v) is 2.00. The second kappa shape index (κ2) is 4.98. The standard InChI is InChI=1S/C13H15ClFN3/c1-8(2)6-18-7-17-12(13(18)16)9-4-3-5-10(14)11(9)15/h3-5,7-8H,6,16H2,1-2H3. The molecule has 0 fully saturated rings. The first-order valence-corrected chi connectivity index (χ1v) is 6.13. The second-order valence-electron chi connectivity index (χ2n) is 4.63. The van der Waals surface area contributed by atoms with Crippen molar-refractivity contribution in [2.24, 2.45) is 5.92 Å². The van der Waals surface area contributed by atoms with Crippen LogP contribution in [-0.2, 0) is 6.54 Å². The summed E-state index contributed by atoms with van der Waals surface area (Å²) >= 11 is 5.76. The summed E-state index contributed by atoms with van der Waals surface area (Å²) in [5.74, 6) is 0.420. The zero-order valence-corrected chi connectivity index (χ0v) is 11.1. The highest BCUT2D eigenvalue weighted by Gasteiger charge is 2.15. The van der Waals surface area contributed by atoms with Gasteiger partial charge in [0.2, 0.25) is 0 Å². The summed E-state index contributed by atoms with van der Waals surface area (Å²) in [7, 11) is 0. The number of imidazole rings is 1. The number of nitrogens with two attached hydrogens (primary N) is 1. The minimum absolute atomic E-state index is 0.0744. The van der Waals surface area contributed by atoms with Gasteiger partial charge in [0.25, 0.3) is 0 Å². The summed E-state index contributed by atoms with van der Waals surface area (Å²) in [6.07, 6.45) is 1.63. The van der Waals surface area contributed by atoms with Gasteiger partial charge in [-0.15, -0.1) is 0 Å². The van der Waals surface area contributed by atoms with Crippen molar-refractivity contribution in [3.05, 3.63) is 35.4 Å². The topological polar surface area (TPSA) is 43.8 Å². The van der Waals surface area contributed by atoms with Crippen LogP contribution in [0.5, 0.6) is 0 Å². The third-order valence-electron chi connectivity index (χ3n) is 2.65. The largest absolute Gasteiger partial charge is 0.383 e. The molecule has 0 radical (unpaired) electrons. The monoisotopic (exact) mass is 267 g/mol. The Morgan fingerprint density at radius 1 is 1.44 bits per heavy atom. The molecule has 0 aliphatic carbocycles. The van der Waals surface area contributed by atoms with E-state index in [0.717, 1.165) is 6.54 Å². The minimum atomic E-state index is -0.485. The lowest BCUT2D eigenvalue weighted by atomic mass is 10.1. The number of aromatic nitrogens is 2. The lowest BCUT2D eigenvalue weighted by molar-refractivity contribution is 0.527. The third kappa shape index (κ3) is 2.34. The fraction of sp³-hybridized carbons (Fsp3) is 0.308. The third-order valence-corrected chi connectivity index (χ3v) is 2.94. The van der Waals surface area contributed by atoms with Gasteiger partial charge < -0.3 is 10.3 Å². The average molecular weight is 268 g/mol. The van der Waals surface area contributed by atoms with Crippen molar-refractivity contribution in [1.82, 2.24) is 9.55 Å². The molecule has 18 heavy (non-hydrogen) atoms. The molecule has 0 aliphatic heterocycles. The summed E-state index contributed by atoms with van der Waals surface area (Å²) in [6.45, 7) is 4.92. The van der Waals surface area contributed by atoms with Gasteiger partial charge in [0, 0.05) is 12.1 Å². The highest BCUT2D eigenvalue weighted by atomic mass is 35.5. The first-order chi connectivity index (χ1) is 8.50. The summed E-state index contributed by atoms with van der Waals surface area (Å²) in [6, 6.07) is 4.81. The number of benzene rings is 1. The molecule has 0 amide bonds. The van der Waals surface area contributed by atoms with E-state index in [1.807, 2.05) is 4.57 Å². The maximum Gasteiger partial charge on any atom is 0.151 e. The molecule has 2 rings (SSSR count). The molecule has 0 spiro atoms. The molecule has 5 heteroatoms. The molecule has 0 aliphatic rings. The SMILES string of the molecule is CC(C)Cn1cnc(-c2cccc(Cl)c2F)c1N. The van der Waals surface area contributed by atoms with Gasteiger partial charge in [-0.3, -0.25) is 0 Å². The Labute approximate surface area is 110 Å². The molecule has 2 aromatic rings. The van der Waals surface area contributed by atoms with Crippen LogP contribution >= 0.6 is 11.6 Å². The van der Waals surface area contributed by atoms with Crippen molar-refractivity contribution in [2.45, 2.75) is 20.4 Å². The van der Waals surface area contributed by atoms with Gasteiger partial charge >= 0.3 is 0 Å². The lowest BCUT2D eigenvalue weighted by Gasteiger charge is -2.08. The van der Waals surface area contributed by atoms with E-state index in [1.54, 1.807) is 18.5 Å². The van der Waals surface area contributed by atoms with Crippen molar-refractivity contribution in [3.8, 4) is 11.3 Å². The number of anilines is 1. The number of nitrogens with zero attached hydrogens (tertiary/aromatic N) is 2. The van der Waals surface area contributed by atoms with Gasteiger partial charge in [-0.25, -0.2) is 9.37 Å². The highest BCUT2D eigenvalue weighted by Crippen LogP contribution is 2.30. The molecule has 2 N–H and O–H groups in total. The van der Waals surface area contributed by atoms with Crippen molar-refractivity contribution in [2.75, 3.05) is 5.73 Å². The van der Waals surface area contributed by atoms with E-state index in [9.17, 15) is 4.39 Å². The molecule has 96 valence electrons. The Hall–Kier alpha value is -1.55. The van der Waals surface area contributed by atoms with Gasteiger partial charge in [-0.2, -0.15) is 0 Å². The number of nitrogen functional groups attached to an aromatic ring is 1. The van der Waals surface area contributed by atoms with Crippen LogP contribution < -0.4 is 5.73 Å². The van der Waals surface area contributed by atoms with Crippen LogP contribution in [0.4, 0.5) is 10.2 Å². The maximum atomic E-state index is 13.9. The Kier molecular flexibility index (Phi) is 3.57. The number of rotatable bonds is 3. The molecule has 1 heterocycles. The van der Waals surface area contributed by atoms with E-state index in [4.69, 9.17) is 17.3 Å². The molecule has 0 saturated carbocycles.